The summed E-state index contributed by atoms with van der Waals surface area (Å²) in [5.74, 6) is -0.0354. The molecule has 2 fully saturated rings. The molecular weight excluding hydrogens is 442 g/mol. The van der Waals surface area contributed by atoms with E-state index >= 15 is 4.39 Å². The molecular formula is C23H24F2N8O. The van der Waals surface area contributed by atoms with Gasteiger partial charge in [0.25, 0.3) is 0 Å². The van der Waals surface area contributed by atoms with Crippen molar-refractivity contribution in [2.24, 2.45) is 11.7 Å². The van der Waals surface area contributed by atoms with Crippen LogP contribution in [0.25, 0.3) is 21.9 Å². The molecule has 6 rings (SSSR count). The lowest BCUT2D eigenvalue weighted by molar-refractivity contribution is 0.435. The maximum absolute atomic E-state index is 15.3. The molecule has 9 nitrogen and oxygen atoms in total. The second-order valence-electron chi connectivity index (χ2n) is 9.28. The first-order valence-electron chi connectivity index (χ1n) is 11.2. The first-order chi connectivity index (χ1) is 16.3. The fourth-order valence-corrected chi connectivity index (χ4v) is 5.24. The van der Waals surface area contributed by atoms with Crippen LogP contribution in [0, 0.1) is 24.5 Å². The van der Waals surface area contributed by atoms with Crippen LogP contribution in [-0.4, -0.2) is 57.6 Å². The van der Waals surface area contributed by atoms with E-state index in [4.69, 9.17) is 10.5 Å². The Hall–Kier alpha value is -3.60. The number of anilines is 2. The Morgan fingerprint density at radius 2 is 1.91 bits per heavy atom. The molecule has 4 heterocycles. The van der Waals surface area contributed by atoms with Crippen LogP contribution in [0.15, 0.2) is 18.5 Å². The summed E-state index contributed by atoms with van der Waals surface area (Å²) in [5.41, 5.74) is 7.59. The smallest absolute Gasteiger partial charge is 0.326 e. The molecule has 0 spiro atoms. The molecule has 11 heteroatoms. The van der Waals surface area contributed by atoms with Gasteiger partial charge in [-0.25, -0.2) is 18.7 Å². The third kappa shape index (κ3) is 3.14. The minimum atomic E-state index is -0.932. The summed E-state index contributed by atoms with van der Waals surface area (Å²) < 4.78 is 35.8. The Morgan fingerprint density at radius 3 is 2.56 bits per heavy atom. The standard InChI is InChI=1S/C23H24F2N8O/c1-10-27-7-13(8-28-10)34-23-30-21-18(22(31-23)33-9-11-4-12(33)5-15(11)26)17-19(25)14(24)6-16(32(2)3)20(17)29-21/h6-8,11-12,15H,4-5,9,26H2,1-3H3,(H,29,30,31)/t11-,12-,15-/m1/s1. The Labute approximate surface area is 194 Å². The first-order valence-corrected chi connectivity index (χ1v) is 11.2. The molecule has 3 aromatic heterocycles. The normalized spacial score (nSPS) is 21.7. The Bertz CT molecular complexity index is 1420. The summed E-state index contributed by atoms with van der Waals surface area (Å²) in [6.07, 6.45) is 4.84. The summed E-state index contributed by atoms with van der Waals surface area (Å²) in [5, 5.41) is 0.565. The van der Waals surface area contributed by atoms with Crippen LogP contribution in [0.2, 0.25) is 0 Å². The van der Waals surface area contributed by atoms with Crippen molar-refractivity contribution in [3.05, 3.63) is 35.9 Å². The van der Waals surface area contributed by atoms with E-state index in [1.54, 1.807) is 25.9 Å². The lowest BCUT2D eigenvalue weighted by atomic mass is 10.0. The number of nitrogens with two attached hydrogens (primary N) is 1. The van der Waals surface area contributed by atoms with Gasteiger partial charge in [0.15, 0.2) is 17.4 Å². The van der Waals surface area contributed by atoms with E-state index in [9.17, 15) is 4.39 Å². The molecule has 0 amide bonds. The molecule has 3 N–H and O–H groups in total. The van der Waals surface area contributed by atoms with Crippen LogP contribution in [0.3, 0.4) is 0 Å². The number of H-pyrrole nitrogens is 1. The van der Waals surface area contributed by atoms with Gasteiger partial charge in [0.05, 0.1) is 34.4 Å². The highest BCUT2D eigenvalue weighted by molar-refractivity contribution is 6.15. The van der Waals surface area contributed by atoms with Gasteiger partial charge in [0, 0.05) is 38.8 Å². The average molecular weight is 466 g/mol. The van der Waals surface area contributed by atoms with Crippen molar-refractivity contribution >= 4 is 33.4 Å². The van der Waals surface area contributed by atoms with Gasteiger partial charge in [-0.05, 0) is 25.7 Å². The molecule has 0 radical (unpaired) electrons. The van der Waals surface area contributed by atoms with E-state index in [1.807, 2.05) is 0 Å². The average Bonchev–Trinajstić information content (AvgIpc) is 3.49. The monoisotopic (exact) mass is 466 g/mol. The van der Waals surface area contributed by atoms with Crippen LogP contribution in [0.1, 0.15) is 18.7 Å². The number of hydrogen-bond donors (Lipinski definition) is 2. The van der Waals surface area contributed by atoms with Crippen molar-refractivity contribution in [1.29, 1.82) is 0 Å². The summed E-state index contributed by atoms with van der Waals surface area (Å²) >= 11 is 0. The molecule has 0 unspecified atom stereocenters. The number of aromatic amines is 1. The number of fused-ring (bicyclic) bond motifs is 5. The van der Waals surface area contributed by atoms with E-state index in [0.717, 1.165) is 12.8 Å². The molecule has 176 valence electrons. The molecule has 2 aliphatic rings. The number of aryl methyl sites for hydroxylation is 1. The molecule has 1 saturated heterocycles. The quantitative estimate of drug-likeness (QED) is 0.472. The predicted octanol–water partition coefficient (Wildman–Crippen LogP) is 3.27. The van der Waals surface area contributed by atoms with Crippen LogP contribution in [0.5, 0.6) is 11.8 Å². The highest BCUT2D eigenvalue weighted by atomic mass is 19.2. The van der Waals surface area contributed by atoms with Crippen LogP contribution >= 0.6 is 0 Å². The zero-order valence-electron chi connectivity index (χ0n) is 19.0. The number of aromatic nitrogens is 5. The largest absolute Gasteiger partial charge is 0.421 e. The molecule has 3 atom stereocenters. The third-order valence-corrected chi connectivity index (χ3v) is 6.88. The molecule has 4 aromatic rings. The summed E-state index contributed by atoms with van der Waals surface area (Å²) in [4.78, 5) is 24.5. The van der Waals surface area contributed by atoms with E-state index in [-0.39, 0.29) is 23.5 Å². The highest BCUT2D eigenvalue weighted by Crippen LogP contribution is 2.45. The number of rotatable bonds is 4. The summed E-state index contributed by atoms with van der Waals surface area (Å²) in [6.45, 7) is 2.47. The van der Waals surface area contributed by atoms with E-state index in [0.29, 0.717) is 52.1 Å². The molecule has 1 aliphatic carbocycles. The van der Waals surface area contributed by atoms with Crippen LogP contribution in [-0.2, 0) is 0 Å². The second-order valence-corrected chi connectivity index (χ2v) is 9.28. The number of halogens is 2. The second kappa shape index (κ2) is 7.45. The van der Waals surface area contributed by atoms with Gasteiger partial charge in [0.2, 0.25) is 0 Å². The predicted molar refractivity (Wildman–Crippen MR) is 124 cm³/mol. The van der Waals surface area contributed by atoms with Crippen molar-refractivity contribution in [3.8, 4) is 11.8 Å². The van der Waals surface area contributed by atoms with Crippen molar-refractivity contribution < 1.29 is 13.5 Å². The van der Waals surface area contributed by atoms with Gasteiger partial charge in [-0.3, -0.25) is 0 Å². The van der Waals surface area contributed by atoms with E-state index < -0.39 is 11.6 Å². The lowest BCUT2D eigenvalue weighted by Crippen LogP contribution is -2.41. The van der Waals surface area contributed by atoms with Crippen molar-refractivity contribution in [2.75, 3.05) is 30.4 Å². The zero-order chi connectivity index (χ0) is 23.7. The number of hydrogen-bond acceptors (Lipinski definition) is 8. The SMILES string of the molecule is Cc1ncc(Oc2nc(N3C[C@H]4C[C@@H]3C[C@H]4N)c3c(n2)[nH]c2c(N(C)C)cc(F)c(F)c23)cn1. The number of piperidine rings is 1. The minimum Gasteiger partial charge on any atom is -0.421 e. The number of benzene rings is 1. The van der Waals surface area contributed by atoms with E-state index in [2.05, 4.69) is 29.8 Å². The Balaban J connectivity index is 1.59. The van der Waals surface area contributed by atoms with Crippen molar-refractivity contribution in [2.45, 2.75) is 31.8 Å². The van der Waals surface area contributed by atoms with Crippen LogP contribution in [0.4, 0.5) is 20.3 Å². The van der Waals surface area contributed by atoms with Gasteiger partial charge in [0.1, 0.15) is 17.3 Å². The molecule has 1 saturated carbocycles. The van der Waals surface area contributed by atoms with Gasteiger partial charge >= 0.3 is 6.01 Å². The maximum Gasteiger partial charge on any atom is 0.326 e. The summed E-state index contributed by atoms with van der Waals surface area (Å²) in [6, 6.07) is 1.55. The number of ether oxygens (including phenoxy) is 1. The fraction of sp³-hybridized carbons (Fsp3) is 0.391. The minimum absolute atomic E-state index is 0.0702. The molecule has 2 bridgehead atoms. The topological polar surface area (TPSA) is 109 Å². The highest BCUT2D eigenvalue weighted by Gasteiger charge is 2.44. The number of nitrogens with zero attached hydrogens (tertiary/aromatic N) is 6. The zero-order valence-corrected chi connectivity index (χ0v) is 19.0. The maximum atomic E-state index is 15.3. The lowest BCUT2D eigenvalue weighted by Gasteiger charge is -2.31. The van der Waals surface area contributed by atoms with Gasteiger partial charge in [-0.15, -0.1) is 0 Å². The van der Waals surface area contributed by atoms with E-state index in [1.165, 1.54) is 18.5 Å². The van der Waals surface area contributed by atoms with Gasteiger partial charge in [-0.2, -0.15) is 9.97 Å². The number of nitrogens with one attached hydrogen (secondary N) is 1. The third-order valence-electron chi connectivity index (χ3n) is 6.88. The Kier molecular flexibility index (Phi) is 4.60. The molecule has 34 heavy (non-hydrogen) atoms. The molecule has 1 aliphatic heterocycles. The first kappa shape index (κ1) is 21.0. The fourth-order valence-electron chi connectivity index (χ4n) is 5.24. The van der Waals surface area contributed by atoms with Crippen molar-refractivity contribution in [3.63, 3.8) is 0 Å². The summed E-state index contributed by atoms with van der Waals surface area (Å²) in [7, 11) is 3.55. The van der Waals surface area contributed by atoms with Crippen molar-refractivity contribution in [1.82, 2.24) is 24.9 Å². The molecule has 1 aromatic carbocycles. The van der Waals surface area contributed by atoms with Gasteiger partial charge in [-0.1, -0.05) is 0 Å². The van der Waals surface area contributed by atoms with Gasteiger partial charge < -0.3 is 25.3 Å². The van der Waals surface area contributed by atoms with Crippen LogP contribution < -0.4 is 20.3 Å². The Morgan fingerprint density at radius 1 is 1.15 bits per heavy atom.